The predicted octanol–water partition coefficient (Wildman–Crippen LogP) is 3.03. The van der Waals surface area contributed by atoms with Crippen molar-refractivity contribution >= 4 is 21.9 Å². The Balaban J connectivity index is 2.72. The normalized spacial score (nSPS) is 12.4. The van der Waals surface area contributed by atoms with E-state index in [1.54, 1.807) is 0 Å². The molecule has 0 radical (unpaired) electrons. The van der Waals surface area contributed by atoms with Gasteiger partial charge in [-0.15, -0.1) is 0 Å². The van der Waals surface area contributed by atoms with E-state index in [4.69, 9.17) is 5.11 Å². The van der Waals surface area contributed by atoms with Crippen molar-refractivity contribution in [3.8, 4) is 0 Å². The van der Waals surface area contributed by atoms with Gasteiger partial charge in [-0.3, -0.25) is 4.79 Å². The molecule has 0 saturated carbocycles. The first-order chi connectivity index (χ1) is 6.74. The number of carboxylic acids is 1. The average Bonchev–Trinajstić information content (AvgIpc) is 2.18. The van der Waals surface area contributed by atoms with Crippen LogP contribution in [0, 0.1) is 0 Å². The van der Waals surface area contributed by atoms with Crippen LogP contribution in [-0.2, 0) is 4.79 Å². The molecule has 0 aliphatic rings. The lowest BCUT2D eigenvalue weighted by atomic mass is 9.93. The third-order valence-corrected chi connectivity index (χ3v) is 2.61. The SMILES string of the molecule is O=C(O)CC(CCBr)c1ccccc1. The molecular weight excluding hydrogens is 244 g/mol. The van der Waals surface area contributed by atoms with Crippen LogP contribution in [0.5, 0.6) is 0 Å². The minimum Gasteiger partial charge on any atom is -0.481 e. The van der Waals surface area contributed by atoms with E-state index in [0.717, 1.165) is 17.3 Å². The summed E-state index contributed by atoms with van der Waals surface area (Å²) in [5, 5.41) is 9.59. The summed E-state index contributed by atoms with van der Waals surface area (Å²) in [7, 11) is 0. The van der Waals surface area contributed by atoms with Crippen molar-refractivity contribution in [2.24, 2.45) is 0 Å². The molecule has 0 aliphatic carbocycles. The van der Waals surface area contributed by atoms with Gasteiger partial charge in [0.15, 0.2) is 0 Å². The molecule has 0 fully saturated rings. The first kappa shape index (κ1) is 11.2. The van der Waals surface area contributed by atoms with Crippen molar-refractivity contribution < 1.29 is 9.90 Å². The van der Waals surface area contributed by atoms with Gasteiger partial charge in [0.2, 0.25) is 0 Å². The molecule has 0 aliphatic heterocycles. The van der Waals surface area contributed by atoms with Crippen LogP contribution in [0.1, 0.15) is 24.3 Å². The topological polar surface area (TPSA) is 37.3 Å². The van der Waals surface area contributed by atoms with Gasteiger partial charge in [-0.25, -0.2) is 0 Å². The number of aliphatic carboxylic acids is 1. The fourth-order valence-electron chi connectivity index (χ4n) is 1.45. The van der Waals surface area contributed by atoms with Gasteiger partial charge in [0, 0.05) is 5.33 Å². The zero-order valence-corrected chi connectivity index (χ0v) is 9.40. The second-order valence-corrected chi connectivity index (χ2v) is 3.98. The van der Waals surface area contributed by atoms with Crippen molar-refractivity contribution in [3.05, 3.63) is 35.9 Å². The van der Waals surface area contributed by atoms with Crippen molar-refractivity contribution in [2.75, 3.05) is 5.33 Å². The number of alkyl halides is 1. The van der Waals surface area contributed by atoms with Gasteiger partial charge in [-0.1, -0.05) is 46.3 Å². The quantitative estimate of drug-likeness (QED) is 0.823. The molecule has 2 nitrogen and oxygen atoms in total. The van der Waals surface area contributed by atoms with Gasteiger partial charge in [-0.2, -0.15) is 0 Å². The summed E-state index contributed by atoms with van der Waals surface area (Å²) in [4.78, 5) is 10.6. The molecule has 0 heterocycles. The average molecular weight is 257 g/mol. The molecule has 76 valence electrons. The maximum atomic E-state index is 10.6. The standard InChI is InChI=1S/C11H13BrO2/c12-7-6-10(8-11(13)14)9-4-2-1-3-5-9/h1-5,10H,6-8H2,(H,13,14). The number of halogens is 1. The lowest BCUT2D eigenvalue weighted by molar-refractivity contribution is -0.137. The van der Waals surface area contributed by atoms with Gasteiger partial charge in [0.1, 0.15) is 0 Å². The van der Waals surface area contributed by atoms with Gasteiger partial charge < -0.3 is 5.11 Å². The number of hydrogen-bond acceptors (Lipinski definition) is 1. The maximum Gasteiger partial charge on any atom is 0.303 e. The molecule has 1 aromatic rings. The van der Waals surface area contributed by atoms with Crippen LogP contribution in [0.4, 0.5) is 0 Å². The Morgan fingerprint density at radius 3 is 2.50 bits per heavy atom. The van der Waals surface area contributed by atoms with Crippen LogP contribution < -0.4 is 0 Å². The van der Waals surface area contributed by atoms with E-state index in [0.29, 0.717) is 0 Å². The fourth-order valence-corrected chi connectivity index (χ4v) is 2.01. The maximum absolute atomic E-state index is 10.6. The van der Waals surface area contributed by atoms with Gasteiger partial charge in [0.05, 0.1) is 6.42 Å². The first-order valence-corrected chi connectivity index (χ1v) is 5.69. The van der Waals surface area contributed by atoms with Crippen molar-refractivity contribution in [1.29, 1.82) is 0 Å². The van der Waals surface area contributed by atoms with E-state index in [1.807, 2.05) is 30.3 Å². The number of rotatable bonds is 5. The highest BCUT2D eigenvalue weighted by Gasteiger charge is 2.14. The molecule has 3 heteroatoms. The molecule has 0 bridgehead atoms. The van der Waals surface area contributed by atoms with Crippen molar-refractivity contribution in [1.82, 2.24) is 0 Å². The minimum atomic E-state index is -0.736. The molecule has 0 amide bonds. The molecule has 0 saturated heterocycles. The van der Waals surface area contributed by atoms with E-state index in [-0.39, 0.29) is 12.3 Å². The Labute approximate surface area is 92.1 Å². The summed E-state index contributed by atoms with van der Waals surface area (Å²) in [5.74, 6) is -0.618. The highest BCUT2D eigenvalue weighted by molar-refractivity contribution is 9.09. The zero-order valence-electron chi connectivity index (χ0n) is 7.82. The second-order valence-electron chi connectivity index (χ2n) is 3.18. The second kappa shape index (κ2) is 5.81. The van der Waals surface area contributed by atoms with E-state index < -0.39 is 5.97 Å². The Bertz CT molecular complexity index is 285. The third-order valence-electron chi connectivity index (χ3n) is 2.15. The van der Waals surface area contributed by atoms with Gasteiger partial charge in [0.25, 0.3) is 0 Å². The van der Waals surface area contributed by atoms with Crippen molar-refractivity contribution in [2.45, 2.75) is 18.8 Å². The number of carboxylic acid groups (broad SMARTS) is 1. The Kier molecular flexibility index (Phi) is 4.66. The molecular formula is C11H13BrO2. The number of hydrogen-bond donors (Lipinski definition) is 1. The van der Waals surface area contributed by atoms with Crippen LogP contribution in [0.15, 0.2) is 30.3 Å². The Morgan fingerprint density at radius 1 is 1.36 bits per heavy atom. The van der Waals surface area contributed by atoms with Crippen molar-refractivity contribution in [3.63, 3.8) is 0 Å². The lowest BCUT2D eigenvalue weighted by Crippen LogP contribution is -2.06. The third kappa shape index (κ3) is 3.50. The number of benzene rings is 1. The molecule has 1 atom stereocenters. The highest BCUT2D eigenvalue weighted by Crippen LogP contribution is 2.23. The molecule has 14 heavy (non-hydrogen) atoms. The Morgan fingerprint density at radius 2 is 2.00 bits per heavy atom. The monoisotopic (exact) mass is 256 g/mol. The van der Waals surface area contributed by atoms with Gasteiger partial charge >= 0.3 is 5.97 Å². The molecule has 0 spiro atoms. The fraction of sp³-hybridized carbons (Fsp3) is 0.364. The summed E-state index contributed by atoms with van der Waals surface area (Å²) in [5.41, 5.74) is 1.11. The van der Waals surface area contributed by atoms with Crippen LogP contribution in [-0.4, -0.2) is 16.4 Å². The largest absolute Gasteiger partial charge is 0.481 e. The van der Waals surface area contributed by atoms with Crippen LogP contribution in [0.3, 0.4) is 0 Å². The molecule has 0 aromatic heterocycles. The van der Waals surface area contributed by atoms with E-state index in [9.17, 15) is 4.79 Å². The van der Waals surface area contributed by atoms with Gasteiger partial charge in [-0.05, 0) is 17.9 Å². The molecule has 1 N–H and O–H groups in total. The first-order valence-electron chi connectivity index (χ1n) is 4.56. The van der Waals surface area contributed by atoms with Crippen LogP contribution in [0.25, 0.3) is 0 Å². The highest BCUT2D eigenvalue weighted by atomic mass is 79.9. The Hall–Kier alpha value is -0.830. The van der Waals surface area contributed by atoms with E-state index in [1.165, 1.54) is 0 Å². The van der Waals surface area contributed by atoms with E-state index >= 15 is 0 Å². The molecule has 1 rings (SSSR count). The summed E-state index contributed by atoms with van der Waals surface area (Å²) >= 11 is 3.34. The zero-order chi connectivity index (χ0) is 10.4. The number of carbonyl (C=O) groups is 1. The summed E-state index contributed by atoms with van der Waals surface area (Å²) in [6.07, 6.45) is 1.06. The van der Waals surface area contributed by atoms with E-state index in [2.05, 4.69) is 15.9 Å². The lowest BCUT2D eigenvalue weighted by Gasteiger charge is -2.13. The van der Waals surface area contributed by atoms with Crippen LogP contribution in [0.2, 0.25) is 0 Å². The molecule has 1 unspecified atom stereocenters. The smallest absolute Gasteiger partial charge is 0.303 e. The summed E-state index contributed by atoms with van der Waals surface area (Å²) in [6, 6.07) is 9.79. The summed E-state index contributed by atoms with van der Waals surface area (Å²) in [6.45, 7) is 0. The summed E-state index contributed by atoms with van der Waals surface area (Å²) < 4.78 is 0. The molecule has 1 aromatic carbocycles. The minimum absolute atomic E-state index is 0.119. The predicted molar refractivity (Wildman–Crippen MR) is 59.8 cm³/mol. The van der Waals surface area contributed by atoms with Crippen LogP contribution >= 0.6 is 15.9 Å².